The molecule has 0 bridgehead atoms. The minimum atomic E-state index is -4.44. The first-order chi connectivity index (χ1) is 12.4. The molecule has 2 saturated heterocycles. The van der Waals surface area contributed by atoms with Crippen molar-refractivity contribution in [1.29, 1.82) is 0 Å². The fraction of sp³-hybridized carbons (Fsp3) is 0.722. The SMILES string of the molecule is CN1CCN(C2CCCCN(c3cc(C(F)(F)F)cc(CO)n3)C2)CC1. The highest BCUT2D eigenvalue weighted by Gasteiger charge is 2.33. The van der Waals surface area contributed by atoms with Crippen molar-refractivity contribution in [2.75, 3.05) is 51.2 Å². The van der Waals surface area contributed by atoms with E-state index in [4.69, 9.17) is 0 Å². The molecule has 2 fully saturated rings. The van der Waals surface area contributed by atoms with Crippen LogP contribution in [0.15, 0.2) is 12.1 Å². The Bertz CT molecular complexity index is 603. The summed E-state index contributed by atoms with van der Waals surface area (Å²) in [5.41, 5.74) is -0.679. The van der Waals surface area contributed by atoms with Gasteiger partial charge in [0.25, 0.3) is 0 Å². The number of rotatable bonds is 3. The molecule has 0 spiro atoms. The lowest BCUT2D eigenvalue weighted by Gasteiger charge is -2.39. The Morgan fingerprint density at radius 3 is 2.50 bits per heavy atom. The van der Waals surface area contributed by atoms with Crippen molar-refractivity contribution < 1.29 is 18.3 Å². The van der Waals surface area contributed by atoms with Crippen LogP contribution in [0.4, 0.5) is 19.0 Å². The van der Waals surface area contributed by atoms with Crippen LogP contribution in [0.25, 0.3) is 0 Å². The third-order valence-corrected chi connectivity index (χ3v) is 5.38. The summed E-state index contributed by atoms with van der Waals surface area (Å²) < 4.78 is 39.6. The van der Waals surface area contributed by atoms with Crippen molar-refractivity contribution in [1.82, 2.24) is 14.8 Å². The Labute approximate surface area is 152 Å². The summed E-state index contributed by atoms with van der Waals surface area (Å²) in [6, 6.07) is 2.38. The molecule has 3 heterocycles. The first kappa shape index (κ1) is 19.4. The van der Waals surface area contributed by atoms with Gasteiger partial charge >= 0.3 is 6.18 Å². The van der Waals surface area contributed by atoms with Crippen LogP contribution in [0.2, 0.25) is 0 Å². The molecule has 5 nitrogen and oxygen atoms in total. The predicted molar refractivity (Wildman–Crippen MR) is 94.1 cm³/mol. The number of halogens is 3. The first-order valence-electron chi connectivity index (χ1n) is 9.23. The average Bonchev–Trinajstić information content (AvgIpc) is 2.87. The lowest BCUT2D eigenvalue weighted by atomic mass is 10.1. The predicted octanol–water partition coefficient (Wildman–Crippen LogP) is 2.20. The van der Waals surface area contributed by atoms with Crippen LogP contribution in [-0.4, -0.2) is 72.2 Å². The summed E-state index contributed by atoms with van der Waals surface area (Å²) in [6.07, 6.45) is -1.37. The van der Waals surface area contributed by atoms with E-state index in [9.17, 15) is 18.3 Å². The maximum absolute atomic E-state index is 13.2. The van der Waals surface area contributed by atoms with Crippen LogP contribution in [0.5, 0.6) is 0 Å². The van der Waals surface area contributed by atoms with Gasteiger partial charge in [-0.1, -0.05) is 6.42 Å². The molecule has 0 aromatic carbocycles. The number of aliphatic hydroxyl groups is 1. The molecule has 146 valence electrons. The Morgan fingerprint density at radius 1 is 1.12 bits per heavy atom. The Balaban J connectivity index is 1.80. The maximum atomic E-state index is 13.2. The Morgan fingerprint density at radius 2 is 1.85 bits per heavy atom. The number of hydrogen-bond acceptors (Lipinski definition) is 5. The van der Waals surface area contributed by atoms with E-state index in [0.29, 0.717) is 24.9 Å². The quantitative estimate of drug-likeness (QED) is 0.881. The van der Waals surface area contributed by atoms with Gasteiger partial charge in [0.05, 0.1) is 17.9 Å². The second-order valence-corrected chi connectivity index (χ2v) is 7.30. The number of likely N-dealkylation sites (N-methyl/N-ethyl adjacent to an activating group) is 1. The van der Waals surface area contributed by atoms with Gasteiger partial charge in [0, 0.05) is 45.3 Å². The first-order valence-corrected chi connectivity index (χ1v) is 9.23. The topological polar surface area (TPSA) is 42.8 Å². The van der Waals surface area contributed by atoms with Gasteiger partial charge in [-0.05, 0) is 32.0 Å². The molecule has 0 saturated carbocycles. The molecular weight excluding hydrogens is 345 g/mol. The molecule has 2 aliphatic rings. The van der Waals surface area contributed by atoms with Gasteiger partial charge in [0.15, 0.2) is 0 Å². The minimum absolute atomic E-state index is 0.0650. The average molecular weight is 372 g/mol. The molecule has 1 unspecified atom stereocenters. The normalized spacial score (nSPS) is 23.9. The van der Waals surface area contributed by atoms with E-state index >= 15 is 0 Å². The summed E-state index contributed by atoms with van der Waals surface area (Å²) in [6.45, 7) is 4.92. The fourth-order valence-corrected chi connectivity index (χ4v) is 3.79. The smallest absolute Gasteiger partial charge is 0.390 e. The van der Waals surface area contributed by atoms with Gasteiger partial charge in [0.1, 0.15) is 5.82 Å². The summed E-state index contributed by atoms with van der Waals surface area (Å²) in [5.74, 6) is 0.324. The summed E-state index contributed by atoms with van der Waals surface area (Å²) in [7, 11) is 2.11. The number of hydrogen-bond donors (Lipinski definition) is 1. The van der Waals surface area contributed by atoms with Crippen molar-refractivity contribution in [2.45, 2.75) is 38.1 Å². The lowest BCUT2D eigenvalue weighted by Crippen LogP contribution is -2.52. The zero-order valence-corrected chi connectivity index (χ0v) is 15.2. The molecule has 3 rings (SSSR count). The molecule has 26 heavy (non-hydrogen) atoms. The van der Waals surface area contributed by atoms with E-state index in [2.05, 4.69) is 21.8 Å². The molecule has 1 aromatic heterocycles. The molecular formula is C18H27F3N4O. The number of anilines is 1. The van der Waals surface area contributed by atoms with Crippen molar-refractivity contribution >= 4 is 5.82 Å². The summed E-state index contributed by atoms with van der Waals surface area (Å²) in [4.78, 5) is 11.0. The van der Waals surface area contributed by atoms with Gasteiger partial charge in [-0.25, -0.2) is 4.98 Å². The lowest BCUT2D eigenvalue weighted by molar-refractivity contribution is -0.137. The van der Waals surface area contributed by atoms with Gasteiger partial charge in [0.2, 0.25) is 0 Å². The number of nitrogens with zero attached hydrogens (tertiary/aromatic N) is 4. The van der Waals surface area contributed by atoms with Crippen LogP contribution in [0, 0.1) is 0 Å². The van der Waals surface area contributed by atoms with E-state index in [-0.39, 0.29) is 5.69 Å². The van der Waals surface area contributed by atoms with Crippen LogP contribution in [-0.2, 0) is 12.8 Å². The number of pyridine rings is 1. The molecule has 1 aromatic rings. The number of aromatic nitrogens is 1. The molecule has 0 radical (unpaired) electrons. The van der Waals surface area contributed by atoms with Crippen molar-refractivity contribution in [3.8, 4) is 0 Å². The van der Waals surface area contributed by atoms with Crippen LogP contribution < -0.4 is 4.90 Å². The number of alkyl halides is 3. The van der Waals surface area contributed by atoms with Gasteiger partial charge in [-0.3, -0.25) is 4.90 Å². The number of aliphatic hydroxyl groups excluding tert-OH is 1. The van der Waals surface area contributed by atoms with Gasteiger partial charge < -0.3 is 14.9 Å². The van der Waals surface area contributed by atoms with E-state index in [0.717, 1.165) is 57.6 Å². The van der Waals surface area contributed by atoms with Gasteiger partial charge in [-0.15, -0.1) is 0 Å². The zero-order valence-electron chi connectivity index (χ0n) is 15.2. The van der Waals surface area contributed by atoms with Gasteiger partial charge in [-0.2, -0.15) is 13.2 Å². The summed E-state index contributed by atoms with van der Waals surface area (Å²) in [5, 5.41) is 9.33. The third kappa shape index (κ3) is 4.66. The van der Waals surface area contributed by atoms with Crippen molar-refractivity contribution in [3.05, 3.63) is 23.4 Å². The molecule has 2 aliphatic heterocycles. The Hall–Kier alpha value is -1.38. The van der Waals surface area contributed by atoms with Crippen LogP contribution in [0.1, 0.15) is 30.5 Å². The van der Waals surface area contributed by atoms with E-state index in [1.807, 2.05) is 4.90 Å². The second-order valence-electron chi connectivity index (χ2n) is 7.30. The fourth-order valence-electron chi connectivity index (χ4n) is 3.79. The Kier molecular flexibility index (Phi) is 6.04. The maximum Gasteiger partial charge on any atom is 0.416 e. The molecule has 0 aliphatic carbocycles. The minimum Gasteiger partial charge on any atom is -0.390 e. The summed E-state index contributed by atoms with van der Waals surface area (Å²) >= 11 is 0. The highest BCUT2D eigenvalue weighted by Crippen LogP contribution is 2.32. The molecule has 0 amide bonds. The number of piperazine rings is 1. The van der Waals surface area contributed by atoms with Crippen molar-refractivity contribution in [3.63, 3.8) is 0 Å². The van der Waals surface area contributed by atoms with E-state index in [1.165, 1.54) is 0 Å². The molecule has 1 atom stereocenters. The highest BCUT2D eigenvalue weighted by atomic mass is 19.4. The third-order valence-electron chi connectivity index (χ3n) is 5.38. The monoisotopic (exact) mass is 372 g/mol. The highest BCUT2D eigenvalue weighted by molar-refractivity contribution is 5.44. The molecule has 8 heteroatoms. The van der Waals surface area contributed by atoms with E-state index < -0.39 is 18.3 Å². The van der Waals surface area contributed by atoms with Crippen LogP contribution in [0.3, 0.4) is 0 Å². The largest absolute Gasteiger partial charge is 0.416 e. The zero-order chi connectivity index (χ0) is 18.7. The van der Waals surface area contributed by atoms with Crippen LogP contribution >= 0.6 is 0 Å². The van der Waals surface area contributed by atoms with Crippen molar-refractivity contribution in [2.24, 2.45) is 0 Å². The standard InChI is InChI=1S/C18H27F3N4O/c1-23-6-8-24(9-7-23)16-4-2-3-5-25(12-16)17-11-14(18(19,20)21)10-15(13-26)22-17/h10-11,16,26H,2-9,12-13H2,1H3. The second kappa shape index (κ2) is 8.10. The van der Waals surface area contributed by atoms with E-state index in [1.54, 1.807) is 0 Å². The molecule has 1 N–H and O–H groups in total.